The number of hydrogen-bond acceptors (Lipinski definition) is 6. The molecule has 0 saturated carbocycles. The van der Waals surface area contributed by atoms with E-state index in [1.807, 2.05) is 30.3 Å². The number of hydrogen-bond donors (Lipinski definition) is 4. The van der Waals surface area contributed by atoms with Gasteiger partial charge >= 0.3 is 0 Å². The lowest BCUT2D eigenvalue weighted by Gasteiger charge is -2.25. The molecule has 2 heterocycles. The van der Waals surface area contributed by atoms with Crippen LogP contribution in [-0.2, 0) is 5.41 Å². The van der Waals surface area contributed by atoms with Gasteiger partial charge in [0.1, 0.15) is 23.4 Å². The number of benzene rings is 2. The molecule has 0 aliphatic carbocycles. The van der Waals surface area contributed by atoms with Crippen LogP contribution in [0, 0.1) is 5.82 Å². The van der Waals surface area contributed by atoms with Crippen LogP contribution in [0.4, 0.5) is 10.2 Å². The summed E-state index contributed by atoms with van der Waals surface area (Å²) in [4.78, 5) is 0. The molecular formula is C23H24FN5O2. The number of rotatable bonds is 7. The van der Waals surface area contributed by atoms with Crippen LogP contribution in [0.5, 0.6) is 0 Å². The van der Waals surface area contributed by atoms with Gasteiger partial charge in [-0.15, -0.1) is 10.2 Å². The molecule has 2 aromatic carbocycles. The lowest BCUT2D eigenvalue weighted by Crippen LogP contribution is -2.28. The van der Waals surface area contributed by atoms with Crippen molar-refractivity contribution in [3.05, 3.63) is 71.7 Å². The van der Waals surface area contributed by atoms with Gasteiger partial charge in [-0.3, -0.25) is 5.10 Å². The zero-order valence-corrected chi connectivity index (χ0v) is 17.3. The topological polar surface area (TPSA) is 107 Å². The van der Waals surface area contributed by atoms with Gasteiger partial charge in [0.2, 0.25) is 0 Å². The predicted molar refractivity (Wildman–Crippen MR) is 117 cm³/mol. The lowest BCUT2D eigenvalue weighted by molar-refractivity contribution is 0.0932. The van der Waals surface area contributed by atoms with Crippen molar-refractivity contribution in [3.63, 3.8) is 0 Å². The van der Waals surface area contributed by atoms with E-state index >= 15 is 0 Å². The summed E-state index contributed by atoms with van der Waals surface area (Å²) in [5.41, 5.74) is 3.47. The Labute approximate surface area is 179 Å². The van der Waals surface area contributed by atoms with Crippen LogP contribution < -0.4 is 5.32 Å². The highest BCUT2D eigenvalue weighted by Gasteiger charge is 2.21. The fraction of sp³-hybridized carbons (Fsp3) is 0.261. The van der Waals surface area contributed by atoms with Crippen LogP contribution >= 0.6 is 0 Å². The normalized spacial score (nSPS) is 12.8. The molecule has 0 bridgehead atoms. The van der Waals surface area contributed by atoms with Gasteiger partial charge in [0.25, 0.3) is 0 Å². The van der Waals surface area contributed by atoms with E-state index in [1.165, 1.54) is 12.1 Å². The van der Waals surface area contributed by atoms with Crippen LogP contribution in [0.1, 0.15) is 31.2 Å². The molecule has 2 aromatic heterocycles. The highest BCUT2D eigenvalue weighted by atomic mass is 19.1. The zero-order valence-electron chi connectivity index (χ0n) is 17.3. The minimum absolute atomic E-state index is 0.218. The third-order valence-corrected chi connectivity index (χ3v) is 5.38. The number of nitrogens with one attached hydrogen (secondary N) is 2. The van der Waals surface area contributed by atoms with Gasteiger partial charge in [-0.05, 0) is 42.0 Å². The van der Waals surface area contributed by atoms with Crippen molar-refractivity contribution in [2.75, 3.05) is 18.5 Å². The molecule has 1 unspecified atom stereocenters. The molecule has 0 fully saturated rings. The molecule has 4 rings (SSSR count). The Morgan fingerprint density at radius 2 is 1.84 bits per heavy atom. The van der Waals surface area contributed by atoms with Crippen LogP contribution in [0.3, 0.4) is 0 Å². The van der Waals surface area contributed by atoms with Crippen molar-refractivity contribution in [1.29, 1.82) is 0 Å². The van der Waals surface area contributed by atoms with Gasteiger partial charge in [0.05, 0.1) is 17.8 Å². The molecule has 0 spiro atoms. The van der Waals surface area contributed by atoms with Gasteiger partial charge in [0, 0.05) is 22.9 Å². The summed E-state index contributed by atoms with van der Waals surface area (Å²) in [6.07, 6.45) is -1.05. The zero-order chi connectivity index (χ0) is 22.0. The van der Waals surface area contributed by atoms with Gasteiger partial charge < -0.3 is 15.5 Å². The fourth-order valence-corrected chi connectivity index (χ4v) is 3.43. The fourth-order valence-electron chi connectivity index (χ4n) is 3.43. The number of aromatic amines is 1. The Bertz CT molecular complexity index is 1170. The second kappa shape index (κ2) is 8.41. The number of nitrogens with zero attached hydrogens (tertiary/aromatic N) is 3. The average molecular weight is 421 g/mol. The first-order valence-electron chi connectivity index (χ1n) is 9.98. The first-order chi connectivity index (χ1) is 14.9. The second-order valence-electron chi connectivity index (χ2n) is 8.12. The monoisotopic (exact) mass is 421 g/mol. The number of fused-ring (bicyclic) bond motifs is 1. The molecule has 1 atom stereocenters. The number of aromatic nitrogens is 4. The Morgan fingerprint density at radius 3 is 2.52 bits per heavy atom. The van der Waals surface area contributed by atoms with E-state index in [-0.39, 0.29) is 11.2 Å². The first-order valence-corrected chi connectivity index (χ1v) is 9.98. The minimum atomic E-state index is -1.05. The van der Waals surface area contributed by atoms with E-state index in [9.17, 15) is 14.6 Å². The lowest BCUT2D eigenvalue weighted by atomic mass is 9.84. The maximum absolute atomic E-state index is 13.2. The van der Waals surface area contributed by atoms with Crippen molar-refractivity contribution in [3.8, 4) is 11.3 Å². The standard InChI is InChI=1S/C23H24FN5O2/c1-23(2,15-4-6-16(24)7-5-15)13-25-21-10-9-18(26-28-21)14-3-8-19-17(11-14)22(29-27-19)20(31)12-30/h3-11,20,30-31H,12-13H2,1-2H3,(H,25,28)(H,27,29). The SMILES string of the molecule is CC(C)(CNc1ccc(-c2ccc3[nH]nc(C(O)CO)c3c2)nn1)c1ccc(F)cc1. The number of H-pyrrole nitrogens is 1. The third-order valence-electron chi connectivity index (χ3n) is 5.38. The van der Waals surface area contributed by atoms with Gasteiger partial charge in [-0.2, -0.15) is 5.10 Å². The van der Waals surface area contributed by atoms with Crippen molar-refractivity contribution < 1.29 is 14.6 Å². The third kappa shape index (κ3) is 4.40. The van der Waals surface area contributed by atoms with Crippen LogP contribution in [-0.4, -0.2) is 43.8 Å². The quantitative estimate of drug-likeness (QED) is 0.363. The van der Waals surface area contributed by atoms with Crippen molar-refractivity contribution >= 4 is 16.7 Å². The molecule has 0 radical (unpaired) electrons. The molecule has 4 N–H and O–H groups in total. The molecule has 0 saturated heterocycles. The Morgan fingerprint density at radius 1 is 1.06 bits per heavy atom. The van der Waals surface area contributed by atoms with Crippen LogP contribution in [0.2, 0.25) is 0 Å². The summed E-state index contributed by atoms with van der Waals surface area (Å²) in [7, 11) is 0. The number of anilines is 1. The first kappa shape index (κ1) is 20.9. The van der Waals surface area contributed by atoms with Gasteiger partial charge in [0.15, 0.2) is 0 Å². The average Bonchev–Trinajstić information content (AvgIpc) is 3.21. The molecule has 31 heavy (non-hydrogen) atoms. The Balaban J connectivity index is 1.50. The molecule has 0 aliphatic rings. The van der Waals surface area contributed by atoms with Crippen molar-refractivity contribution in [1.82, 2.24) is 20.4 Å². The van der Waals surface area contributed by atoms with E-state index in [2.05, 4.69) is 39.6 Å². The summed E-state index contributed by atoms with van der Waals surface area (Å²) in [6, 6.07) is 15.8. The van der Waals surface area contributed by atoms with Crippen molar-refractivity contribution in [2.24, 2.45) is 0 Å². The highest BCUT2D eigenvalue weighted by Crippen LogP contribution is 2.28. The van der Waals surface area contributed by atoms with E-state index in [1.54, 1.807) is 12.1 Å². The van der Waals surface area contributed by atoms with E-state index in [4.69, 9.17) is 0 Å². The molecular weight excluding hydrogens is 397 g/mol. The van der Waals surface area contributed by atoms with Gasteiger partial charge in [-0.1, -0.05) is 32.0 Å². The molecule has 7 nitrogen and oxygen atoms in total. The minimum Gasteiger partial charge on any atom is -0.393 e. The summed E-state index contributed by atoms with van der Waals surface area (Å²) in [5, 5.41) is 38.7. The van der Waals surface area contributed by atoms with E-state index < -0.39 is 12.7 Å². The molecule has 0 aliphatic heterocycles. The molecule has 4 aromatic rings. The molecule has 0 amide bonds. The van der Waals surface area contributed by atoms with Gasteiger partial charge in [-0.25, -0.2) is 4.39 Å². The molecule has 160 valence electrons. The molecule has 8 heteroatoms. The second-order valence-corrected chi connectivity index (χ2v) is 8.12. The smallest absolute Gasteiger partial charge is 0.148 e. The maximum atomic E-state index is 13.2. The van der Waals surface area contributed by atoms with E-state index in [0.717, 1.165) is 22.0 Å². The predicted octanol–water partition coefficient (Wildman–Crippen LogP) is 3.57. The number of aliphatic hydroxyl groups is 2. The van der Waals surface area contributed by atoms with E-state index in [0.29, 0.717) is 23.8 Å². The Kier molecular flexibility index (Phi) is 5.67. The Hall–Kier alpha value is -3.36. The maximum Gasteiger partial charge on any atom is 0.148 e. The number of aliphatic hydroxyl groups excluding tert-OH is 2. The summed E-state index contributed by atoms with van der Waals surface area (Å²) in [6.45, 7) is 4.36. The highest BCUT2D eigenvalue weighted by molar-refractivity contribution is 5.86. The van der Waals surface area contributed by atoms with Crippen LogP contribution in [0.25, 0.3) is 22.2 Å². The summed E-state index contributed by atoms with van der Waals surface area (Å²) in [5.74, 6) is 0.389. The largest absolute Gasteiger partial charge is 0.393 e. The van der Waals surface area contributed by atoms with Crippen LogP contribution in [0.15, 0.2) is 54.6 Å². The summed E-state index contributed by atoms with van der Waals surface area (Å²) >= 11 is 0. The summed E-state index contributed by atoms with van der Waals surface area (Å²) < 4.78 is 13.2. The van der Waals surface area contributed by atoms with Crippen molar-refractivity contribution in [2.45, 2.75) is 25.4 Å². The number of halogens is 1.